The van der Waals surface area contributed by atoms with Crippen LogP contribution in [0, 0.1) is 11.3 Å². The molecule has 4 aromatic rings. The molecular weight excluding hydrogens is 525 g/mol. The van der Waals surface area contributed by atoms with Gasteiger partial charge in [-0.05, 0) is 45.4 Å². The van der Waals surface area contributed by atoms with Gasteiger partial charge in [-0.15, -0.1) is 0 Å². The van der Waals surface area contributed by atoms with Crippen molar-refractivity contribution in [2.45, 2.75) is 6.54 Å². The molecule has 0 saturated carbocycles. The average Bonchev–Trinajstić information content (AvgIpc) is 3.36. The van der Waals surface area contributed by atoms with Crippen LogP contribution in [0.1, 0.15) is 11.3 Å². The van der Waals surface area contributed by atoms with Gasteiger partial charge in [0.05, 0.1) is 59.5 Å². The maximum Gasteiger partial charge on any atom is 0.139 e. The quantitative estimate of drug-likeness (QED) is 0.240. The largest absolute Gasteiger partial charge is 0.496 e. The number of benzene rings is 2. The van der Waals surface area contributed by atoms with Gasteiger partial charge in [0.25, 0.3) is 0 Å². The molecule has 8 nitrogen and oxygen atoms in total. The fraction of sp³-hybridized carbons (Fsp3) is 0.286. The van der Waals surface area contributed by atoms with Crippen LogP contribution in [0.3, 0.4) is 0 Å². The topological polar surface area (TPSA) is 86.8 Å². The molecule has 2 aromatic heterocycles. The molecule has 0 aliphatic heterocycles. The number of rotatable bonds is 10. The molecule has 0 saturated heterocycles. The number of nitrogens with zero attached hydrogens (tertiary/aromatic N) is 4. The number of likely N-dealkylation sites (N-methyl/N-ethyl adjacent to an activating group) is 2. The van der Waals surface area contributed by atoms with Crippen LogP contribution in [0.2, 0.25) is 10.0 Å². The third kappa shape index (κ3) is 5.98. The van der Waals surface area contributed by atoms with Gasteiger partial charge in [0.15, 0.2) is 0 Å². The second-order valence-corrected chi connectivity index (χ2v) is 9.98. The van der Waals surface area contributed by atoms with E-state index in [0.29, 0.717) is 55.9 Å². The highest BCUT2D eigenvalue weighted by Crippen LogP contribution is 2.41. The Balaban J connectivity index is 1.73. The zero-order valence-corrected chi connectivity index (χ0v) is 23.4. The smallest absolute Gasteiger partial charge is 0.139 e. The van der Waals surface area contributed by atoms with Crippen LogP contribution in [0.4, 0.5) is 11.4 Å². The van der Waals surface area contributed by atoms with Gasteiger partial charge in [0.1, 0.15) is 23.3 Å². The molecule has 2 heterocycles. The second-order valence-electron chi connectivity index (χ2n) is 9.16. The molecule has 10 heteroatoms. The Hall–Kier alpha value is -3.48. The van der Waals surface area contributed by atoms with Gasteiger partial charge in [-0.3, -0.25) is 9.88 Å². The van der Waals surface area contributed by atoms with E-state index in [9.17, 15) is 5.26 Å². The number of fused-ring (bicyclic) bond motifs is 1. The summed E-state index contributed by atoms with van der Waals surface area (Å²) < 4.78 is 17.0. The fourth-order valence-electron chi connectivity index (χ4n) is 4.07. The number of nitrogens with one attached hydrogen (secondary N) is 1. The Morgan fingerprint density at radius 2 is 1.76 bits per heavy atom. The van der Waals surface area contributed by atoms with Crippen molar-refractivity contribution in [2.24, 2.45) is 0 Å². The first kappa shape index (κ1) is 27.6. The maximum absolute atomic E-state index is 9.81. The minimum atomic E-state index is 0.351. The number of halogens is 2. The fourth-order valence-corrected chi connectivity index (χ4v) is 4.58. The lowest BCUT2D eigenvalue weighted by molar-refractivity contribution is 0.258. The number of anilines is 2. The molecule has 2 aromatic carbocycles. The summed E-state index contributed by atoms with van der Waals surface area (Å²) in [6.45, 7) is 2.57. The minimum Gasteiger partial charge on any atom is -0.496 e. The predicted octanol–water partition coefficient (Wildman–Crippen LogP) is 6.43. The molecule has 0 fully saturated rings. The van der Waals surface area contributed by atoms with Gasteiger partial charge >= 0.3 is 0 Å². The van der Waals surface area contributed by atoms with E-state index in [1.807, 2.05) is 18.2 Å². The molecule has 0 atom stereocenters. The Morgan fingerprint density at radius 1 is 1.00 bits per heavy atom. The van der Waals surface area contributed by atoms with Gasteiger partial charge in [-0.2, -0.15) is 5.26 Å². The summed E-state index contributed by atoms with van der Waals surface area (Å²) in [7, 11) is 9.31. The zero-order valence-electron chi connectivity index (χ0n) is 21.9. The van der Waals surface area contributed by atoms with Crippen molar-refractivity contribution in [3.05, 3.63) is 64.2 Å². The number of aromatic nitrogens is 1. The molecule has 198 valence electrons. The van der Waals surface area contributed by atoms with Crippen LogP contribution < -0.4 is 14.8 Å². The Kier molecular flexibility index (Phi) is 8.65. The normalized spacial score (nSPS) is 11.3. The molecule has 38 heavy (non-hydrogen) atoms. The molecule has 0 radical (unpaired) electrons. The number of hydrogen-bond acceptors (Lipinski definition) is 8. The zero-order chi connectivity index (χ0) is 27.4. The third-order valence-electron chi connectivity index (χ3n) is 6.13. The summed E-state index contributed by atoms with van der Waals surface area (Å²) in [4.78, 5) is 8.90. The first-order valence-corrected chi connectivity index (χ1v) is 12.6. The summed E-state index contributed by atoms with van der Waals surface area (Å²) in [6.07, 6.45) is 3.25. The Labute approximate surface area is 232 Å². The van der Waals surface area contributed by atoms with Crippen molar-refractivity contribution in [2.75, 3.05) is 53.8 Å². The van der Waals surface area contributed by atoms with Crippen LogP contribution in [-0.2, 0) is 6.54 Å². The maximum atomic E-state index is 9.81. The van der Waals surface area contributed by atoms with Gasteiger partial charge in [-0.1, -0.05) is 23.2 Å². The number of nitriles is 1. The van der Waals surface area contributed by atoms with Gasteiger partial charge in [0, 0.05) is 41.9 Å². The lowest BCUT2D eigenvalue weighted by Gasteiger charge is -2.17. The molecule has 0 unspecified atom stereocenters. The monoisotopic (exact) mass is 553 g/mol. The number of pyridine rings is 1. The second kappa shape index (κ2) is 11.9. The number of furan rings is 1. The lowest BCUT2D eigenvalue weighted by atomic mass is 10.0. The van der Waals surface area contributed by atoms with Gasteiger partial charge in [-0.25, -0.2) is 0 Å². The van der Waals surface area contributed by atoms with Crippen molar-refractivity contribution >= 4 is 45.5 Å². The first-order chi connectivity index (χ1) is 18.2. The number of ether oxygens (including phenoxy) is 2. The highest BCUT2D eigenvalue weighted by atomic mass is 35.5. The van der Waals surface area contributed by atoms with E-state index in [1.54, 1.807) is 25.5 Å². The molecule has 0 aliphatic rings. The summed E-state index contributed by atoms with van der Waals surface area (Å²) in [6, 6.07) is 11.3. The third-order valence-corrected chi connectivity index (χ3v) is 6.74. The van der Waals surface area contributed by atoms with Crippen molar-refractivity contribution in [1.82, 2.24) is 14.8 Å². The van der Waals surface area contributed by atoms with E-state index in [4.69, 9.17) is 37.1 Å². The highest BCUT2D eigenvalue weighted by Gasteiger charge is 2.18. The summed E-state index contributed by atoms with van der Waals surface area (Å²) >= 11 is 12.7. The van der Waals surface area contributed by atoms with E-state index < -0.39 is 0 Å². The summed E-state index contributed by atoms with van der Waals surface area (Å²) in [5.74, 6) is 1.92. The Bertz CT molecular complexity index is 1500. The van der Waals surface area contributed by atoms with Gasteiger partial charge in [0.2, 0.25) is 0 Å². The highest BCUT2D eigenvalue weighted by molar-refractivity contribution is 6.37. The molecule has 0 aliphatic carbocycles. The van der Waals surface area contributed by atoms with E-state index >= 15 is 0 Å². The van der Waals surface area contributed by atoms with Crippen molar-refractivity contribution in [3.8, 4) is 28.7 Å². The van der Waals surface area contributed by atoms with Crippen LogP contribution in [0.25, 0.3) is 22.0 Å². The molecular formula is C28H29Cl2N5O3. The number of methoxy groups -OCH3 is 2. The summed E-state index contributed by atoms with van der Waals surface area (Å²) in [5.41, 5.74) is 3.82. The SMILES string of the molecule is COc1cc(Nc2c(C#N)cnc3cc(-c4coc(CN(C)CCN(C)C)c4)c(OC)cc23)c(Cl)cc1Cl. The molecule has 4 rings (SSSR count). The molecule has 0 bridgehead atoms. The van der Waals surface area contributed by atoms with E-state index in [2.05, 4.69) is 47.3 Å². The summed E-state index contributed by atoms with van der Waals surface area (Å²) in [5, 5.41) is 14.6. The van der Waals surface area contributed by atoms with Gasteiger partial charge < -0.3 is 24.1 Å². The lowest BCUT2D eigenvalue weighted by Crippen LogP contribution is -2.28. The molecule has 0 amide bonds. The standard InChI is InChI=1S/C28H29Cl2N5O3/c1-34(2)6-7-35(3)15-19-8-17(16-38-19)20-9-24-21(10-26(20)36-4)28(18(13-31)14-32-24)33-25-12-27(37-5)23(30)11-22(25)29/h8-12,14,16H,6-7,15H2,1-5H3,(H,32,33). The Morgan fingerprint density at radius 3 is 2.45 bits per heavy atom. The molecule has 0 spiro atoms. The van der Waals surface area contributed by atoms with Crippen LogP contribution in [0.15, 0.2) is 47.2 Å². The van der Waals surface area contributed by atoms with Crippen molar-refractivity contribution < 1.29 is 13.9 Å². The van der Waals surface area contributed by atoms with E-state index in [1.165, 1.54) is 13.3 Å². The number of hydrogen-bond donors (Lipinski definition) is 1. The van der Waals surface area contributed by atoms with Crippen molar-refractivity contribution in [3.63, 3.8) is 0 Å². The van der Waals surface area contributed by atoms with Crippen molar-refractivity contribution in [1.29, 1.82) is 5.26 Å². The molecule has 1 N–H and O–H groups in total. The average molecular weight is 554 g/mol. The van der Waals surface area contributed by atoms with E-state index in [0.717, 1.165) is 30.0 Å². The van der Waals surface area contributed by atoms with Crippen LogP contribution in [-0.4, -0.2) is 63.2 Å². The van der Waals surface area contributed by atoms with E-state index in [-0.39, 0.29) is 0 Å². The first-order valence-electron chi connectivity index (χ1n) is 11.9. The predicted molar refractivity (Wildman–Crippen MR) is 152 cm³/mol. The van der Waals surface area contributed by atoms with Crippen LogP contribution in [0.5, 0.6) is 11.5 Å². The minimum absolute atomic E-state index is 0.351. The van der Waals surface area contributed by atoms with Crippen LogP contribution >= 0.6 is 23.2 Å².